The highest BCUT2D eigenvalue weighted by Crippen LogP contribution is 2.18. The van der Waals surface area contributed by atoms with Crippen molar-refractivity contribution in [1.82, 2.24) is 34.3 Å². The molecule has 0 amide bonds. The van der Waals surface area contributed by atoms with Crippen molar-refractivity contribution >= 4 is 0 Å². The molecule has 0 radical (unpaired) electrons. The van der Waals surface area contributed by atoms with Gasteiger partial charge in [0.05, 0.1) is 0 Å². The van der Waals surface area contributed by atoms with Crippen LogP contribution in [0, 0.1) is 5.92 Å². The Morgan fingerprint density at radius 3 is 2.41 bits per heavy atom. The number of aromatic nitrogens is 5. The van der Waals surface area contributed by atoms with Crippen molar-refractivity contribution in [2.45, 2.75) is 38.6 Å². The summed E-state index contributed by atoms with van der Waals surface area (Å²) in [5, 5.41) is 8.56. The fourth-order valence-corrected chi connectivity index (χ4v) is 4.12. The Hall–Kier alpha value is -2.06. The molecule has 0 N–H and O–H groups in total. The summed E-state index contributed by atoms with van der Waals surface area (Å²) in [5.74, 6) is 1.14. The third-order valence-electron chi connectivity index (χ3n) is 5.83. The van der Waals surface area contributed by atoms with Crippen LogP contribution in [0.4, 0.5) is 0 Å². The minimum atomic E-state index is -0.0496. The van der Waals surface area contributed by atoms with Gasteiger partial charge in [-0.25, -0.2) is 14.3 Å². The first-order valence-electron chi connectivity index (χ1n) is 10.2. The molecule has 8 nitrogen and oxygen atoms in total. The van der Waals surface area contributed by atoms with Crippen molar-refractivity contribution in [2.75, 3.05) is 39.3 Å². The second-order valence-corrected chi connectivity index (χ2v) is 7.74. The van der Waals surface area contributed by atoms with Crippen LogP contribution in [0.15, 0.2) is 29.6 Å². The van der Waals surface area contributed by atoms with Crippen LogP contribution in [0.3, 0.4) is 0 Å². The summed E-state index contributed by atoms with van der Waals surface area (Å²) in [6.07, 6.45) is 9.43. The highest BCUT2D eigenvalue weighted by Gasteiger charge is 2.21. The number of nitrogens with zero attached hydrogens (tertiary/aromatic N) is 7. The summed E-state index contributed by atoms with van der Waals surface area (Å²) in [6.45, 7) is 7.84. The first kappa shape index (κ1) is 18.3. The van der Waals surface area contributed by atoms with Gasteiger partial charge in [-0.1, -0.05) is 6.42 Å². The van der Waals surface area contributed by atoms with Gasteiger partial charge in [-0.2, -0.15) is 5.10 Å². The predicted octanol–water partition coefficient (Wildman–Crippen LogP) is 1.02. The third-order valence-corrected chi connectivity index (χ3v) is 5.83. The number of hydrogen-bond acceptors (Lipinski definition) is 6. The Kier molecular flexibility index (Phi) is 5.94. The second kappa shape index (κ2) is 8.75. The predicted molar refractivity (Wildman–Crippen MR) is 103 cm³/mol. The summed E-state index contributed by atoms with van der Waals surface area (Å²) in [5.41, 5.74) is -0.0496. The Morgan fingerprint density at radius 1 is 0.963 bits per heavy atom. The van der Waals surface area contributed by atoms with Gasteiger partial charge in [0, 0.05) is 25.7 Å². The van der Waals surface area contributed by atoms with Crippen LogP contribution in [-0.2, 0) is 6.54 Å². The van der Waals surface area contributed by atoms with E-state index in [9.17, 15) is 4.79 Å². The van der Waals surface area contributed by atoms with Crippen molar-refractivity contribution in [2.24, 2.45) is 5.92 Å². The van der Waals surface area contributed by atoms with Crippen molar-refractivity contribution in [3.63, 3.8) is 0 Å². The average Bonchev–Trinajstić information content (AvgIpc) is 3.25. The van der Waals surface area contributed by atoms with Gasteiger partial charge >= 0.3 is 0 Å². The number of piperidine rings is 2. The molecule has 0 unspecified atom stereocenters. The zero-order chi connectivity index (χ0) is 18.5. The molecule has 2 aliphatic rings. The van der Waals surface area contributed by atoms with Crippen LogP contribution in [0.5, 0.6) is 0 Å². The lowest BCUT2D eigenvalue weighted by atomic mass is 9.97. The zero-order valence-corrected chi connectivity index (χ0v) is 15.9. The van der Waals surface area contributed by atoms with Gasteiger partial charge in [0.1, 0.15) is 12.7 Å². The van der Waals surface area contributed by atoms with Crippen LogP contribution in [0.1, 0.15) is 32.1 Å². The standard InChI is InChI=1S/C19H29N7O/c27-19-5-4-18(26-16-20-15-21-26)22-25(19)14-17-6-10-24(11-7-17)13-12-23-8-2-1-3-9-23/h4-5,15-17H,1-3,6-14H2. The van der Waals surface area contributed by atoms with Crippen LogP contribution < -0.4 is 5.56 Å². The number of hydrogen-bond donors (Lipinski definition) is 0. The summed E-state index contributed by atoms with van der Waals surface area (Å²) in [7, 11) is 0. The van der Waals surface area contributed by atoms with Crippen molar-refractivity contribution < 1.29 is 0 Å². The Bertz CT molecular complexity index is 759. The zero-order valence-electron chi connectivity index (χ0n) is 15.9. The fourth-order valence-electron chi connectivity index (χ4n) is 4.12. The molecule has 0 spiro atoms. The maximum atomic E-state index is 12.2. The molecular weight excluding hydrogens is 342 g/mol. The number of likely N-dealkylation sites (tertiary alicyclic amines) is 2. The quantitative estimate of drug-likeness (QED) is 0.755. The minimum Gasteiger partial charge on any atom is -0.302 e. The first-order valence-corrected chi connectivity index (χ1v) is 10.2. The molecular formula is C19H29N7O. The maximum Gasteiger partial charge on any atom is 0.266 e. The van der Waals surface area contributed by atoms with Gasteiger partial charge in [0.15, 0.2) is 5.82 Å². The highest BCUT2D eigenvalue weighted by molar-refractivity contribution is 5.16. The summed E-state index contributed by atoms with van der Waals surface area (Å²) < 4.78 is 3.17. The fraction of sp³-hybridized carbons (Fsp3) is 0.684. The van der Waals surface area contributed by atoms with Crippen molar-refractivity contribution in [3.05, 3.63) is 35.1 Å². The molecule has 0 bridgehead atoms. The van der Waals surface area contributed by atoms with Crippen molar-refractivity contribution in [1.29, 1.82) is 0 Å². The molecule has 2 aromatic rings. The molecule has 0 saturated carbocycles. The minimum absolute atomic E-state index is 0.0496. The SMILES string of the molecule is O=c1ccc(-n2cncn2)nn1CC1CCN(CCN2CCCCC2)CC1. The summed E-state index contributed by atoms with van der Waals surface area (Å²) in [6, 6.07) is 3.26. The van der Waals surface area contributed by atoms with E-state index in [1.807, 2.05) is 0 Å². The van der Waals surface area contributed by atoms with E-state index in [2.05, 4.69) is 25.0 Å². The largest absolute Gasteiger partial charge is 0.302 e. The first-order chi connectivity index (χ1) is 13.3. The Labute approximate surface area is 159 Å². The molecule has 4 rings (SSSR count). The van der Waals surface area contributed by atoms with E-state index in [0.29, 0.717) is 18.3 Å². The topological polar surface area (TPSA) is 72.1 Å². The molecule has 0 aliphatic carbocycles. The lowest BCUT2D eigenvalue weighted by Crippen LogP contribution is -2.42. The van der Waals surface area contributed by atoms with Gasteiger partial charge in [0.2, 0.25) is 0 Å². The van der Waals surface area contributed by atoms with Gasteiger partial charge in [-0.05, 0) is 63.8 Å². The smallest absolute Gasteiger partial charge is 0.266 e. The molecule has 2 fully saturated rings. The molecule has 0 aromatic carbocycles. The van der Waals surface area contributed by atoms with Crippen LogP contribution in [0.2, 0.25) is 0 Å². The molecule has 146 valence electrons. The molecule has 27 heavy (non-hydrogen) atoms. The van der Waals surface area contributed by atoms with Crippen LogP contribution in [-0.4, -0.2) is 73.6 Å². The monoisotopic (exact) mass is 371 g/mol. The highest BCUT2D eigenvalue weighted by atomic mass is 16.1. The normalized spacial score (nSPS) is 20.1. The van der Waals surface area contributed by atoms with Crippen molar-refractivity contribution in [3.8, 4) is 5.82 Å². The van der Waals surface area contributed by atoms with Gasteiger partial charge in [-0.15, -0.1) is 5.10 Å². The third kappa shape index (κ3) is 4.81. The van der Waals surface area contributed by atoms with E-state index < -0.39 is 0 Å². The van der Waals surface area contributed by atoms with E-state index in [1.54, 1.807) is 27.8 Å². The molecule has 2 saturated heterocycles. The van der Waals surface area contributed by atoms with Crippen LogP contribution >= 0.6 is 0 Å². The molecule has 8 heteroatoms. The maximum absolute atomic E-state index is 12.2. The second-order valence-electron chi connectivity index (χ2n) is 7.74. The molecule has 0 atom stereocenters. The van der Waals surface area contributed by atoms with E-state index >= 15 is 0 Å². The molecule has 2 aromatic heterocycles. The summed E-state index contributed by atoms with van der Waals surface area (Å²) >= 11 is 0. The van der Waals surface area contributed by atoms with Gasteiger partial charge < -0.3 is 9.80 Å². The Morgan fingerprint density at radius 2 is 1.70 bits per heavy atom. The van der Waals surface area contributed by atoms with Gasteiger partial charge in [-0.3, -0.25) is 4.79 Å². The van der Waals surface area contributed by atoms with Gasteiger partial charge in [0.25, 0.3) is 5.56 Å². The lowest BCUT2D eigenvalue weighted by molar-refractivity contribution is 0.138. The van der Waals surface area contributed by atoms with E-state index in [-0.39, 0.29) is 5.56 Å². The van der Waals surface area contributed by atoms with E-state index in [1.165, 1.54) is 51.8 Å². The summed E-state index contributed by atoms with van der Waals surface area (Å²) in [4.78, 5) is 21.3. The lowest BCUT2D eigenvalue weighted by Gasteiger charge is -2.34. The molecule has 2 aliphatic heterocycles. The number of rotatable bonds is 6. The Balaban J connectivity index is 1.28. The average molecular weight is 371 g/mol. The van der Waals surface area contributed by atoms with Crippen LogP contribution in [0.25, 0.3) is 5.82 Å². The molecule has 4 heterocycles. The van der Waals surface area contributed by atoms with E-state index in [0.717, 1.165) is 25.9 Å². The van der Waals surface area contributed by atoms with E-state index in [4.69, 9.17) is 0 Å².